The summed E-state index contributed by atoms with van der Waals surface area (Å²) in [6.45, 7) is 3.59. The molecule has 0 aliphatic heterocycles. The number of ether oxygens (including phenoxy) is 1. The number of carbonyl (C=O) groups is 1. The van der Waals surface area contributed by atoms with Crippen LogP contribution in [0.4, 0.5) is 4.79 Å². The molecule has 1 aromatic carbocycles. The molecule has 0 saturated heterocycles. The van der Waals surface area contributed by atoms with E-state index in [1.165, 1.54) is 6.07 Å². The van der Waals surface area contributed by atoms with Crippen molar-refractivity contribution in [3.8, 4) is 0 Å². The molecule has 0 aliphatic rings. The molecular weight excluding hydrogens is 277 g/mol. The van der Waals surface area contributed by atoms with Crippen molar-refractivity contribution in [3.05, 3.63) is 33.8 Å². The average molecular weight is 292 g/mol. The quantitative estimate of drug-likeness (QED) is 0.895. The number of aliphatic hydroxyl groups is 1. The third-order valence-electron chi connectivity index (χ3n) is 2.51. The molecule has 18 heavy (non-hydrogen) atoms. The van der Waals surface area contributed by atoms with Gasteiger partial charge in [-0.05, 0) is 18.1 Å². The SMILES string of the molecule is CC(C)C(O)C(OC(N)=O)c1ccc(Cl)cc1Cl. The number of aliphatic hydroxyl groups excluding tert-OH is 1. The van der Waals surface area contributed by atoms with Crippen molar-refractivity contribution in [2.45, 2.75) is 26.1 Å². The van der Waals surface area contributed by atoms with Crippen LogP contribution in [0.25, 0.3) is 0 Å². The van der Waals surface area contributed by atoms with Gasteiger partial charge in [0.2, 0.25) is 0 Å². The lowest BCUT2D eigenvalue weighted by Gasteiger charge is -2.26. The molecule has 0 fully saturated rings. The van der Waals surface area contributed by atoms with Crippen molar-refractivity contribution in [2.75, 3.05) is 0 Å². The molecule has 0 aliphatic carbocycles. The summed E-state index contributed by atoms with van der Waals surface area (Å²) in [6.07, 6.45) is -2.78. The van der Waals surface area contributed by atoms with Gasteiger partial charge in [-0.1, -0.05) is 43.1 Å². The Morgan fingerprint density at radius 3 is 2.44 bits per heavy atom. The van der Waals surface area contributed by atoms with Crippen molar-refractivity contribution < 1.29 is 14.6 Å². The Morgan fingerprint density at radius 2 is 2.00 bits per heavy atom. The van der Waals surface area contributed by atoms with Gasteiger partial charge in [0, 0.05) is 15.6 Å². The minimum absolute atomic E-state index is 0.124. The van der Waals surface area contributed by atoms with E-state index < -0.39 is 18.3 Å². The van der Waals surface area contributed by atoms with Crippen molar-refractivity contribution in [1.29, 1.82) is 0 Å². The van der Waals surface area contributed by atoms with Crippen LogP contribution in [0.5, 0.6) is 0 Å². The number of nitrogens with two attached hydrogens (primary N) is 1. The first-order valence-electron chi connectivity index (χ1n) is 5.42. The van der Waals surface area contributed by atoms with E-state index in [2.05, 4.69) is 0 Å². The van der Waals surface area contributed by atoms with Gasteiger partial charge in [-0.25, -0.2) is 4.79 Å². The van der Waals surface area contributed by atoms with E-state index in [1.54, 1.807) is 26.0 Å². The first kappa shape index (κ1) is 15.1. The van der Waals surface area contributed by atoms with E-state index >= 15 is 0 Å². The number of hydrogen-bond acceptors (Lipinski definition) is 3. The van der Waals surface area contributed by atoms with Crippen molar-refractivity contribution in [1.82, 2.24) is 0 Å². The highest BCUT2D eigenvalue weighted by Crippen LogP contribution is 2.32. The molecule has 0 aromatic heterocycles. The maximum absolute atomic E-state index is 10.9. The molecule has 100 valence electrons. The molecule has 1 aromatic rings. The lowest BCUT2D eigenvalue weighted by atomic mass is 9.96. The molecule has 0 bridgehead atoms. The van der Waals surface area contributed by atoms with Gasteiger partial charge < -0.3 is 15.6 Å². The van der Waals surface area contributed by atoms with Gasteiger partial charge in [0.05, 0.1) is 6.10 Å². The Morgan fingerprint density at radius 1 is 1.39 bits per heavy atom. The number of benzene rings is 1. The van der Waals surface area contributed by atoms with E-state index in [0.717, 1.165) is 0 Å². The van der Waals surface area contributed by atoms with Crippen LogP contribution in [0.3, 0.4) is 0 Å². The summed E-state index contributed by atoms with van der Waals surface area (Å²) in [5.74, 6) is -0.124. The lowest BCUT2D eigenvalue weighted by molar-refractivity contribution is -0.0184. The van der Waals surface area contributed by atoms with Crippen molar-refractivity contribution in [2.24, 2.45) is 11.7 Å². The van der Waals surface area contributed by atoms with E-state index in [9.17, 15) is 9.90 Å². The molecule has 0 spiro atoms. The lowest BCUT2D eigenvalue weighted by Crippen LogP contribution is -2.30. The van der Waals surface area contributed by atoms with Gasteiger partial charge in [0.1, 0.15) is 0 Å². The summed E-state index contributed by atoms with van der Waals surface area (Å²) in [5.41, 5.74) is 5.48. The predicted octanol–water partition coefficient (Wildman–Crippen LogP) is 3.15. The zero-order chi connectivity index (χ0) is 13.9. The number of rotatable bonds is 4. The van der Waals surface area contributed by atoms with Crippen LogP contribution in [0, 0.1) is 5.92 Å². The van der Waals surface area contributed by atoms with E-state index in [1.807, 2.05) is 0 Å². The standard InChI is InChI=1S/C12H15Cl2NO3/c1-6(2)10(16)11(18-12(15)17)8-4-3-7(13)5-9(8)14/h3-6,10-11,16H,1-2H3,(H2,15,17). The maximum Gasteiger partial charge on any atom is 0.405 e. The second-order valence-corrected chi connectivity index (χ2v) is 5.10. The zero-order valence-corrected chi connectivity index (χ0v) is 11.6. The molecule has 1 amide bonds. The average Bonchev–Trinajstić information content (AvgIpc) is 2.25. The maximum atomic E-state index is 10.9. The van der Waals surface area contributed by atoms with Gasteiger partial charge in [-0.3, -0.25) is 0 Å². The fraction of sp³-hybridized carbons (Fsp3) is 0.417. The summed E-state index contributed by atoms with van der Waals surface area (Å²) >= 11 is 11.8. The molecule has 0 saturated carbocycles. The number of carbonyl (C=O) groups excluding carboxylic acids is 1. The highest BCUT2D eigenvalue weighted by atomic mass is 35.5. The van der Waals surface area contributed by atoms with Crippen LogP contribution >= 0.6 is 23.2 Å². The highest BCUT2D eigenvalue weighted by molar-refractivity contribution is 6.35. The van der Waals surface area contributed by atoms with E-state index in [-0.39, 0.29) is 5.92 Å². The third kappa shape index (κ3) is 3.77. The molecule has 1 rings (SSSR count). The molecular formula is C12H15Cl2NO3. The second kappa shape index (κ2) is 6.27. The van der Waals surface area contributed by atoms with Crippen LogP contribution in [-0.4, -0.2) is 17.3 Å². The number of hydrogen-bond donors (Lipinski definition) is 2. The Kier molecular flexibility index (Phi) is 5.26. The topological polar surface area (TPSA) is 72.6 Å². The molecule has 0 radical (unpaired) electrons. The Balaban J connectivity index is 3.12. The van der Waals surface area contributed by atoms with Crippen LogP contribution in [0.1, 0.15) is 25.5 Å². The third-order valence-corrected chi connectivity index (χ3v) is 3.07. The minimum Gasteiger partial charge on any atom is -0.439 e. The number of primary amides is 1. The summed E-state index contributed by atoms with van der Waals surface area (Å²) < 4.78 is 4.94. The van der Waals surface area contributed by atoms with E-state index in [0.29, 0.717) is 15.6 Å². The van der Waals surface area contributed by atoms with Crippen LogP contribution in [-0.2, 0) is 4.74 Å². The first-order chi connectivity index (χ1) is 8.32. The molecule has 2 unspecified atom stereocenters. The summed E-state index contributed by atoms with van der Waals surface area (Å²) in [6, 6.07) is 4.72. The van der Waals surface area contributed by atoms with Crippen LogP contribution in [0.15, 0.2) is 18.2 Å². The molecule has 0 heterocycles. The monoisotopic (exact) mass is 291 g/mol. The smallest absolute Gasteiger partial charge is 0.405 e. The molecule has 6 heteroatoms. The zero-order valence-electron chi connectivity index (χ0n) is 10.1. The largest absolute Gasteiger partial charge is 0.439 e. The minimum atomic E-state index is -0.967. The van der Waals surface area contributed by atoms with Gasteiger partial charge >= 0.3 is 6.09 Å². The summed E-state index contributed by atoms with van der Waals surface area (Å²) in [7, 11) is 0. The fourth-order valence-corrected chi connectivity index (χ4v) is 2.04. The number of amides is 1. The second-order valence-electron chi connectivity index (χ2n) is 4.26. The number of halogens is 2. The van der Waals surface area contributed by atoms with Gasteiger partial charge in [-0.2, -0.15) is 0 Å². The summed E-state index contributed by atoms with van der Waals surface area (Å²) in [5, 5.41) is 10.8. The summed E-state index contributed by atoms with van der Waals surface area (Å²) in [4.78, 5) is 10.9. The molecule has 2 atom stereocenters. The Hall–Kier alpha value is -0.970. The normalized spacial score (nSPS) is 14.3. The van der Waals surface area contributed by atoms with Crippen LogP contribution < -0.4 is 5.73 Å². The Labute approximate surface area is 116 Å². The van der Waals surface area contributed by atoms with Crippen molar-refractivity contribution >= 4 is 29.3 Å². The predicted molar refractivity (Wildman–Crippen MR) is 70.7 cm³/mol. The van der Waals surface area contributed by atoms with Gasteiger partial charge in [0.15, 0.2) is 6.10 Å². The van der Waals surface area contributed by atoms with Crippen molar-refractivity contribution in [3.63, 3.8) is 0 Å². The van der Waals surface area contributed by atoms with Crippen LogP contribution in [0.2, 0.25) is 10.0 Å². The molecule has 4 nitrogen and oxygen atoms in total. The van der Waals surface area contributed by atoms with Gasteiger partial charge in [0.25, 0.3) is 0 Å². The van der Waals surface area contributed by atoms with E-state index in [4.69, 9.17) is 33.7 Å². The van der Waals surface area contributed by atoms with Gasteiger partial charge in [-0.15, -0.1) is 0 Å². The molecule has 3 N–H and O–H groups in total. The highest BCUT2D eigenvalue weighted by Gasteiger charge is 2.28. The first-order valence-corrected chi connectivity index (χ1v) is 6.17. The fourth-order valence-electron chi connectivity index (χ4n) is 1.52. The Bertz CT molecular complexity index is 437.